The molecule has 1 aliphatic rings. The number of aromatic nitrogens is 2. The second kappa shape index (κ2) is 6.96. The number of fused-ring (bicyclic) bond motifs is 1. The number of rotatable bonds is 5. The predicted molar refractivity (Wildman–Crippen MR) is 103 cm³/mol. The van der Waals surface area contributed by atoms with E-state index in [9.17, 15) is 9.18 Å². The summed E-state index contributed by atoms with van der Waals surface area (Å²) >= 11 is 3.04. The zero-order valence-electron chi connectivity index (χ0n) is 14.5. The van der Waals surface area contributed by atoms with Crippen LogP contribution in [-0.4, -0.2) is 21.9 Å². The topological polar surface area (TPSA) is 54.9 Å². The summed E-state index contributed by atoms with van der Waals surface area (Å²) in [5, 5.41) is 4.38. The fourth-order valence-corrected chi connectivity index (χ4v) is 4.99. The highest BCUT2D eigenvalue weighted by atomic mass is 32.2. The number of benzene rings is 1. The Balaban J connectivity index is 1.72. The van der Waals surface area contributed by atoms with Crippen molar-refractivity contribution in [2.24, 2.45) is 0 Å². The van der Waals surface area contributed by atoms with E-state index in [-0.39, 0.29) is 17.8 Å². The minimum absolute atomic E-state index is 0.0551. The van der Waals surface area contributed by atoms with Gasteiger partial charge in [0.2, 0.25) is 5.91 Å². The van der Waals surface area contributed by atoms with Crippen molar-refractivity contribution in [2.75, 3.05) is 0 Å². The van der Waals surface area contributed by atoms with Crippen LogP contribution in [0.4, 0.5) is 4.39 Å². The molecule has 2 aromatic heterocycles. The third-order valence-corrected chi connectivity index (χ3v) is 6.86. The summed E-state index contributed by atoms with van der Waals surface area (Å²) in [7, 11) is 0. The highest BCUT2D eigenvalue weighted by Crippen LogP contribution is 2.41. The molecule has 1 amide bonds. The molecule has 0 aliphatic heterocycles. The van der Waals surface area contributed by atoms with Crippen molar-refractivity contribution in [1.29, 1.82) is 0 Å². The summed E-state index contributed by atoms with van der Waals surface area (Å²) in [6.45, 7) is 4.12. The number of nitrogens with one attached hydrogen (secondary N) is 1. The number of nitrogens with zero attached hydrogens (tertiary/aromatic N) is 2. The van der Waals surface area contributed by atoms with Gasteiger partial charge in [-0.15, -0.1) is 11.3 Å². The van der Waals surface area contributed by atoms with Gasteiger partial charge >= 0.3 is 0 Å². The lowest BCUT2D eigenvalue weighted by Crippen LogP contribution is -2.29. The first-order chi connectivity index (χ1) is 12.5. The minimum atomic E-state index is -0.478. The molecule has 134 valence electrons. The number of carbonyl (C=O) groups excluding carboxylic acids is 1. The first-order valence-corrected chi connectivity index (χ1v) is 10.2. The first kappa shape index (κ1) is 17.4. The second-order valence-corrected chi connectivity index (χ2v) is 8.77. The summed E-state index contributed by atoms with van der Waals surface area (Å²) in [6, 6.07) is 6.39. The summed E-state index contributed by atoms with van der Waals surface area (Å²) in [5.41, 5.74) is 1.92. The summed E-state index contributed by atoms with van der Waals surface area (Å²) < 4.78 is 13.3. The molecule has 0 spiro atoms. The molecule has 1 aliphatic carbocycles. The average molecular weight is 388 g/mol. The number of amides is 1. The second-order valence-electron chi connectivity index (χ2n) is 6.47. The quantitative estimate of drug-likeness (QED) is 0.515. The number of aryl methyl sites for hydroxylation is 2. The van der Waals surface area contributed by atoms with Gasteiger partial charge in [0, 0.05) is 16.3 Å². The molecule has 1 fully saturated rings. The van der Waals surface area contributed by atoms with Gasteiger partial charge in [0.05, 0.1) is 0 Å². The molecule has 4 rings (SSSR count). The fraction of sp³-hybridized carbons (Fsp3) is 0.316. The van der Waals surface area contributed by atoms with Crippen LogP contribution in [0.1, 0.15) is 34.1 Å². The number of thiophene rings is 1. The van der Waals surface area contributed by atoms with Crippen LogP contribution in [0.5, 0.6) is 0 Å². The molecule has 1 atom stereocenters. The molecular formula is C19H18FN3OS2. The zero-order chi connectivity index (χ0) is 18.3. The molecule has 2 heterocycles. The van der Waals surface area contributed by atoms with Crippen LogP contribution in [-0.2, 0) is 4.79 Å². The predicted octanol–water partition coefficient (Wildman–Crippen LogP) is 4.56. The molecule has 0 saturated heterocycles. The van der Waals surface area contributed by atoms with Crippen molar-refractivity contribution >= 4 is 39.2 Å². The summed E-state index contributed by atoms with van der Waals surface area (Å²) in [6.07, 6.45) is 3.58. The van der Waals surface area contributed by atoms with Crippen LogP contribution in [0.3, 0.4) is 0 Å². The Labute approximate surface area is 159 Å². The Hall–Kier alpha value is -1.99. The summed E-state index contributed by atoms with van der Waals surface area (Å²) in [4.78, 5) is 23.8. The van der Waals surface area contributed by atoms with Gasteiger partial charge in [-0.25, -0.2) is 14.4 Å². The van der Waals surface area contributed by atoms with Crippen molar-refractivity contribution in [3.05, 3.63) is 52.4 Å². The van der Waals surface area contributed by atoms with Gasteiger partial charge in [-0.3, -0.25) is 4.79 Å². The Kier molecular flexibility index (Phi) is 4.67. The summed E-state index contributed by atoms with van der Waals surface area (Å²) in [5.74, 6) is -0.366. The third-order valence-electron chi connectivity index (χ3n) is 4.49. The molecule has 1 unspecified atom stereocenters. The van der Waals surface area contributed by atoms with E-state index in [4.69, 9.17) is 0 Å². The molecule has 26 heavy (non-hydrogen) atoms. The van der Waals surface area contributed by atoms with Crippen LogP contribution in [0, 0.1) is 19.7 Å². The van der Waals surface area contributed by atoms with E-state index in [0.29, 0.717) is 0 Å². The van der Waals surface area contributed by atoms with E-state index in [1.807, 2.05) is 0 Å². The van der Waals surface area contributed by atoms with Gasteiger partial charge in [-0.2, -0.15) is 0 Å². The Bertz CT molecular complexity index is 967. The maximum atomic E-state index is 13.3. The Morgan fingerprint density at radius 3 is 2.69 bits per heavy atom. The van der Waals surface area contributed by atoms with Crippen LogP contribution in [0.15, 0.2) is 35.6 Å². The SMILES string of the molecule is Cc1sc2ncnc(SC(C(=O)NC3CC3)c3ccc(F)cc3)c2c1C. The van der Waals surface area contributed by atoms with E-state index in [1.165, 1.54) is 28.8 Å². The van der Waals surface area contributed by atoms with E-state index in [1.54, 1.807) is 29.8 Å². The fourth-order valence-electron chi connectivity index (χ4n) is 2.77. The van der Waals surface area contributed by atoms with Gasteiger partial charge in [0.15, 0.2) is 0 Å². The number of hydrogen-bond donors (Lipinski definition) is 1. The van der Waals surface area contributed by atoms with Crippen LogP contribution in [0.25, 0.3) is 10.2 Å². The van der Waals surface area contributed by atoms with Gasteiger partial charge in [-0.05, 0) is 49.9 Å². The van der Waals surface area contributed by atoms with Gasteiger partial charge in [-0.1, -0.05) is 23.9 Å². The standard InChI is InChI=1S/C19H18FN3OS2/c1-10-11(2)25-18-15(10)19(22-9-21-18)26-16(17(24)23-14-7-8-14)12-3-5-13(20)6-4-12/h3-6,9,14,16H,7-8H2,1-2H3,(H,23,24). The van der Waals surface area contributed by atoms with E-state index < -0.39 is 5.25 Å². The Morgan fingerprint density at radius 2 is 2.00 bits per heavy atom. The molecule has 0 bridgehead atoms. The maximum absolute atomic E-state index is 13.3. The monoisotopic (exact) mass is 387 g/mol. The van der Waals surface area contributed by atoms with E-state index >= 15 is 0 Å². The normalized spacial score (nSPS) is 15.2. The smallest absolute Gasteiger partial charge is 0.238 e. The van der Waals surface area contributed by atoms with Gasteiger partial charge in [0.1, 0.15) is 27.3 Å². The van der Waals surface area contributed by atoms with E-state index in [0.717, 1.165) is 39.2 Å². The van der Waals surface area contributed by atoms with Crippen molar-refractivity contribution < 1.29 is 9.18 Å². The van der Waals surface area contributed by atoms with Crippen molar-refractivity contribution in [1.82, 2.24) is 15.3 Å². The van der Waals surface area contributed by atoms with Gasteiger partial charge < -0.3 is 5.32 Å². The number of carbonyl (C=O) groups is 1. The maximum Gasteiger partial charge on any atom is 0.238 e. The van der Waals surface area contributed by atoms with Crippen LogP contribution >= 0.6 is 23.1 Å². The van der Waals surface area contributed by atoms with Crippen molar-refractivity contribution in [3.8, 4) is 0 Å². The largest absolute Gasteiger partial charge is 0.352 e. The number of halogens is 1. The van der Waals surface area contributed by atoms with E-state index in [2.05, 4.69) is 29.1 Å². The lowest BCUT2D eigenvalue weighted by Gasteiger charge is -2.17. The van der Waals surface area contributed by atoms with Crippen molar-refractivity contribution in [2.45, 2.75) is 43.0 Å². The molecule has 7 heteroatoms. The van der Waals surface area contributed by atoms with Crippen LogP contribution in [0.2, 0.25) is 0 Å². The molecule has 4 nitrogen and oxygen atoms in total. The molecule has 0 radical (unpaired) electrons. The third kappa shape index (κ3) is 3.46. The van der Waals surface area contributed by atoms with Crippen molar-refractivity contribution in [3.63, 3.8) is 0 Å². The number of thioether (sulfide) groups is 1. The lowest BCUT2D eigenvalue weighted by molar-refractivity contribution is -0.120. The van der Waals surface area contributed by atoms with Crippen LogP contribution < -0.4 is 5.32 Å². The molecule has 1 aromatic carbocycles. The van der Waals surface area contributed by atoms with Gasteiger partial charge in [0.25, 0.3) is 0 Å². The highest BCUT2D eigenvalue weighted by molar-refractivity contribution is 8.00. The Morgan fingerprint density at radius 1 is 1.27 bits per heavy atom. The average Bonchev–Trinajstić information content (AvgIpc) is 3.38. The lowest BCUT2D eigenvalue weighted by atomic mass is 10.1. The zero-order valence-corrected chi connectivity index (χ0v) is 16.1. The molecule has 1 saturated carbocycles. The minimum Gasteiger partial charge on any atom is -0.352 e. The molecule has 1 N–H and O–H groups in total. The number of hydrogen-bond acceptors (Lipinski definition) is 5. The first-order valence-electron chi connectivity index (χ1n) is 8.46. The molecular weight excluding hydrogens is 369 g/mol. The highest BCUT2D eigenvalue weighted by Gasteiger charge is 2.30. The molecule has 3 aromatic rings.